The Kier molecular flexibility index (Phi) is 7.79. The minimum atomic E-state index is -4.98. The molecule has 0 aliphatic carbocycles. The standard InChI is InChI=1S/C13H20BF7O4/c1-9(2,24-12(18,19)7-23-5)8(15)13(20,21)25-10(3,14)11(16,17)6-22-4/h8H,6-7H2,1-5H3. The monoisotopic (exact) mass is 384 g/mol. The fourth-order valence-electron chi connectivity index (χ4n) is 1.77. The molecule has 0 aliphatic heterocycles. The van der Waals surface area contributed by atoms with Crippen LogP contribution in [0.15, 0.2) is 0 Å². The van der Waals surface area contributed by atoms with E-state index in [2.05, 4.69) is 18.9 Å². The Hall–Kier alpha value is -0.585. The van der Waals surface area contributed by atoms with E-state index in [1.54, 1.807) is 0 Å². The number of methoxy groups -OCH3 is 2. The molecule has 0 spiro atoms. The maximum Gasteiger partial charge on any atom is 0.389 e. The molecule has 148 valence electrons. The van der Waals surface area contributed by atoms with Crippen molar-refractivity contribution < 1.29 is 49.7 Å². The van der Waals surface area contributed by atoms with Crippen LogP contribution in [0.4, 0.5) is 30.7 Å². The third-order valence-corrected chi connectivity index (χ3v) is 3.03. The van der Waals surface area contributed by atoms with Crippen molar-refractivity contribution in [3.05, 3.63) is 0 Å². The number of hydrogen-bond donors (Lipinski definition) is 0. The molecule has 0 aromatic heterocycles. The van der Waals surface area contributed by atoms with Gasteiger partial charge in [0.2, 0.25) is 6.17 Å². The molecule has 0 aromatic rings. The molecule has 0 amide bonds. The summed E-state index contributed by atoms with van der Waals surface area (Å²) in [4.78, 5) is 0. The Morgan fingerprint density at radius 2 is 1.28 bits per heavy atom. The van der Waals surface area contributed by atoms with Crippen molar-refractivity contribution in [3.63, 3.8) is 0 Å². The highest BCUT2D eigenvalue weighted by atomic mass is 19.3. The third-order valence-electron chi connectivity index (χ3n) is 3.03. The molecule has 12 heteroatoms. The Morgan fingerprint density at radius 3 is 1.68 bits per heavy atom. The van der Waals surface area contributed by atoms with Crippen LogP contribution in [0.25, 0.3) is 0 Å². The first-order chi connectivity index (χ1) is 10.9. The largest absolute Gasteiger partial charge is 0.389 e. The quantitative estimate of drug-likeness (QED) is 0.405. The average Bonchev–Trinajstić information content (AvgIpc) is 2.34. The molecule has 0 saturated heterocycles. The van der Waals surface area contributed by atoms with Crippen LogP contribution in [0.5, 0.6) is 0 Å². The van der Waals surface area contributed by atoms with E-state index >= 15 is 0 Å². The molecule has 2 radical (unpaired) electrons. The van der Waals surface area contributed by atoms with Crippen LogP contribution in [0.2, 0.25) is 0 Å². The zero-order valence-corrected chi connectivity index (χ0v) is 14.3. The summed E-state index contributed by atoms with van der Waals surface area (Å²) in [5.41, 5.74) is -6.19. The minimum Gasteiger partial charge on any atom is -0.378 e. The maximum atomic E-state index is 14.1. The summed E-state index contributed by atoms with van der Waals surface area (Å²) in [6.45, 7) is -1.21. The van der Waals surface area contributed by atoms with Crippen LogP contribution in [0.1, 0.15) is 20.8 Å². The van der Waals surface area contributed by atoms with Gasteiger partial charge in [0, 0.05) is 14.2 Å². The highest BCUT2D eigenvalue weighted by molar-refractivity contribution is 6.15. The SMILES string of the molecule is [B]C(C)(OC(F)(F)C(F)C(C)(C)OC(F)(F)COC)C(F)(F)COC. The van der Waals surface area contributed by atoms with Gasteiger partial charge < -0.3 is 18.9 Å². The second-order valence-corrected chi connectivity index (χ2v) is 6.05. The topological polar surface area (TPSA) is 36.9 Å². The molecule has 0 heterocycles. The van der Waals surface area contributed by atoms with Crippen LogP contribution < -0.4 is 0 Å². The smallest absolute Gasteiger partial charge is 0.378 e. The number of rotatable bonds is 11. The van der Waals surface area contributed by atoms with Crippen LogP contribution in [0.3, 0.4) is 0 Å². The second-order valence-electron chi connectivity index (χ2n) is 6.05. The van der Waals surface area contributed by atoms with Crippen molar-refractivity contribution in [3.8, 4) is 0 Å². The molecule has 0 aliphatic rings. The predicted molar refractivity (Wildman–Crippen MR) is 73.9 cm³/mol. The minimum absolute atomic E-state index is 0.375. The molecular weight excluding hydrogens is 364 g/mol. The van der Waals surface area contributed by atoms with Gasteiger partial charge in [-0.3, -0.25) is 0 Å². The van der Waals surface area contributed by atoms with Crippen molar-refractivity contribution in [2.24, 2.45) is 0 Å². The molecule has 2 atom stereocenters. The lowest BCUT2D eigenvalue weighted by Crippen LogP contribution is -2.59. The van der Waals surface area contributed by atoms with Gasteiger partial charge in [0.15, 0.2) is 0 Å². The molecule has 0 saturated carbocycles. The summed E-state index contributed by atoms with van der Waals surface area (Å²) < 4.78 is 112. The lowest BCUT2D eigenvalue weighted by molar-refractivity contribution is -0.379. The molecule has 0 N–H and O–H groups in total. The van der Waals surface area contributed by atoms with E-state index in [-0.39, 0.29) is 0 Å². The summed E-state index contributed by atoms with van der Waals surface area (Å²) in [5.74, 6) is -4.13. The first kappa shape index (κ1) is 24.4. The number of ether oxygens (including phenoxy) is 4. The van der Waals surface area contributed by atoms with Gasteiger partial charge in [0.25, 0.3) is 5.92 Å². The summed E-state index contributed by atoms with van der Waals surface area (Å²) in [5, 5.41) is 0. The zero-order valence-electron chi connectivity index (χ0n) is 14.3. The summed E-state index contributed by atoms with van der Waals surface area (Å²) in [6.07, 6.45) is -12.7. The van der Waals surface area contributed by atoms with E-state index in [0.29, 0.717) is 20.8 Å². The highest BCUT2D eigenvalue weighted by Gasteiger charge is 2.60. The van der Waals surface area contributed by atoms with E-state index in [9.17, 15) is 30.7 Å². The molecule has 0 bridgehead atoms. The van der Waals surface area contributed by atoms with Crippen molar-refractivity contribution in [1.82, 2.24) is 0 Å². The highest BCUT2D eigenvalue weighted by Crippen LogP contribution is 2.41. The first-order valence-electron chi connectivity index (χ1n) is 6.89. The molecule has 2 unspecified atom stereocenters. The van der Waals surface area contributed by atoms with Gasteiger partial charge in [0.1, 0.15) is 26.7 Å². The molecular formula is C13H20BF7O4. The van der Waals surface area contributed by atoms with Crippen molar-refractivity contribution in [2.45, 2.75) is 56.2 Å². The van der Waals surface area contributed by atoms with Crippen molar-refractivity contribution in [1.29, 1.82) is 0 Å². The summed E-state index contributed by atoms with van der Waals surface area (Å²) in [6, 6.07) is 0. The third kappa shape index (κ3) is 6.57. The first-order valence-corrected chi connectivity index (χ1v) is 6.89. The van der Waals surface area contributed by atoms with Crippen LogP contribution in [0, 0.1) is 0 Å². The van der Waals surface area contributed by atoms with Gasteiger partial charge in [-0.1, -0.05) is 0 Å². The average molecular weight is 384 g/mol. The predicted octanol–water partition coefficient (Wildman–Crippen LogP) is 3.13. The normalized spacial score (nSPS) is 18.1. The second kappa shape index (κ2) is 7.97. The van der Waals surface area contributed by atoms with Crippen LogP contribution >= 0.6 is 0 Å². The van der Waals surface area contributed by atoms with Crippen molar-refractivity contribution >= 4 is 7.85 Å². The van der Waals surface area contributed by atoms with Gasteiger partial charge in [0.05, 0.1) is 5.50 Å². The van der Waals surface area contributed by atoms with Crippen molar-refractivity contribution in [2.75, 3.05) is 27.4 Å². The fourth-order valence-corrected chi connectivity index (χ4v) is 1.77. The molecule has 4 nitrogen and oxygen atoms in total. The van der Waals surface area contributed by atoms with E-state index in [1.165, 1.54) is 0 Å². The van der Waals surface area contributed by atoms with E-state index < -0.39 is 48.6 Å². The Labute approximate surface area is 142 Å². The molecule has 0 aromatic carbocycles. The number of halogens is 7. The summed E-state index contributed by atoms with van der Waals surface area (Å²) >= 11 is 0. The van der Waals surface area contributed by atoms with Gasteiger partial charge in [-0.15, -0.1) is 0 Å². The zero-order chi connectivity index (χ0) is 20.3. The van der Waals surface area contributed by atoms with Crippen LogP contribution in [-0.4, -0.2) is 70.7 Å². The maximum absolute atomic E-state index is 14.1. The Bertz CT molecular complexity index is 433. The van der Waals surface area contributed by atoms with Crippen LogP contribution in [-0.2, 0) is 18.9 Å². The van der Waals surface area contributed by atoms with E-state index in [1.807, 2.05) is 0 Å². The van der Waals surface area contributed by atoms with Gasteiger partial charge in [-0.2, -0.15) is 17.6 Å². The van der Waals surface area contributed by atoms with Gasteiger partial charge >= 0.3 is 12.2 Å². The Morgan fingerprint density at radius 1 is 0.840 bits per heavy atom. The number of hydrogen-bond acceptors (Lipinski definition) is 4. The Balaban J connectivity index is 5.36. The van der Waals surface area contributed by atoms with Gasteiger partial charge in [-0.05, 0) is 20.8 Å². The molecule has 0 rings (SSSR count). The van der Waals surface area contributed by atoms with Gasteiger partial charge in [-0.25, -0.2) is 13.2 Å². The van der Waals surface area contributed by atoms with E-state index in [0.717, 1.165) is 14.2 Å². The lowest BCUT2D eigenvalue weighted by Gasteiger charge is -2.41. The summed E-state index contributed by atoms with van der Waals surface area (Å²) in [7, 11) is 6.75. The molecule has 25 heavy (non-hydrogen) atoms. The fraction of sp³-hybridized carbons (Fsp3) is 1.00. The number of alkyl halides is 7. The lowest BCUT2D eigenvalue weighted by atomic mass is 9.77. The van der Waals surface area contributed by atoms with E-state index in [4.69, 9.17) is 7.85 Å². The molecule has 0 fully saturated rings.